The summed E-state index contributed by atoms with van der Waals surface area (Å²) < 4.78 is 12.1. The lowest BCUT2D eigenvalue weighted by molar-refractivity contribution is -0.118. The molecule has 0 fully saturated rings. The average Bonchev–Trinajstić information content (AvgIpc) is 2.82. The number of nitrogens with zero attached hydrogens (tertiary/aromatic N) is 2. The highest BCUT2D eigenvalue weighted by Crippen LogP contribution is 2.25. The first kappa shape index (κ1) is 12.9. The van der Waals surface area contributed by atoms with Gasteiger partial charge in [-0.25, -0.2) is 0 Å². The summed E-state index contributed by atoms with van der Waals surface area (Å²) in [6, 6.07) is 7.17. The molecule has 6 heteroatoms. The summed E-state index contributed by atoms with van der Waals surface area (Å²) >= 11 is 0. The van der Waals surface area contributed by atoms with Crippen molar-refractivity contribution in [2.24, 2.45) is 7.05 Å². The molecule has 0 unspecified atom stereocenters. The Morgan fingerprint density at radius 2 is 2.11 bits per heavy atom. The molecule has 1 aromatic carbocycles. The van der Waals surface area contributed by atoms with Gasteiger partial charge in [0.15, 0.2) is 18.1 Å². The van der Waals surface area contributed by atoms with Gasteiger partial charge in [-0.1, -0.05) is 12.1 Å². The smallest absolute Gasteiger partial charge is 0.262 e. The molecule has 1 aromatic heterocycles. The molecule has 100 valence electrons. The van der Waals surface area contributed by atoms with E-state index in [0.29, 0.717) is 17.2 Å². The van der Waals surface area contributed by atoms with Crippen molar-refractivity contribution in [1.82, 2.24) is 9.78 Å². The van der Waals surface area contributed by atoms with Crippen LogP contribution in [-0.2, 0) is 11.8 Å². The topological polar surface area (TPSA) is 65.4 Å². The maximum atomic E-state index is 11.7. The summed E-state index contributed by atoms with van der Waals surface area (Å²) in [4.78, 5) is 11.7. The minimum atomic E-state index is -0.251. The van der Waals surface area contributed by atoms with Crippen LogP contribution in [-0.4, -0.2) is 29.4 Å². The van der Waals surface area contributed by atoms with Crippen molar-refractivity contribution in [2.75, 3.05) is 19.0 Å². The number of benzene rings is 1. The van der Waals surface area contributed by atoms with Gasteiger partial charge in [0, 0.05) is 13.2 Å². The van der Waals surface area contributed by atoms with E-state index < -0.39 is 0 Å². The largest absolute Gasteiger partial charge is 0.493 e. The minimum absolute atomic E-state index is 0.0880. The third-order valence-electron chi connectivity index (χ3n) is 2.42. The second-order valence-electron chi connectivity index (χ2n) is 3.89. The Hall–Kier alpha value is -2.50. The van der Waals surface area contributed by atoms with Crippen LogP contribution in [0.15, 0.2) is 36.7 Å². The molecule has 1 amide bonds. The van der Waals surface area contributed by atoms with E-state index in [1.54, 1.807) is 43.4 Å². The third-order valence-corrected chi connectivity index (χ3v) is 2.42. The lowest BCUT2D eigenvalue weighted by atomic mass is 10.3. The fourth-order valence-electron chi connectivity index (χ4n) is 1.56. The summed E-state index contributed by atoms with van der Waals surface area (Å²) in [6.07, 6.45) is 3.28. The Bertz CT molecular complexity index is 566. The number of anilines is 1. The van der Waals surface area contributed by atoms with E-state index in [1.807, 2.05) is 12.1 Å². The van der Waals surface area contributed by atoms with Gasteiger partial charge < -0.3 is 14.8 Å². The van der Waals surface area contributed by atoms with Gasteiger partial charge in [-0.05, 0) is 12.1 Å². The van der Waals surface area contributed by atoms with E-state index in [0.717, 1.165) is 0 Å². The van der Waals surface area contributed by atoms with Crippen LogP contribution in [0.25, 0.3) is 0 Å². The zero-order valence-corrected chi connectivity index (χ0v) is 10.8. The van der Waals surface area contributed by atoms with Crippen molar-refractivity contribution in [2.45, 2.75) is 0 Å². The number of rotatable bonds is 5. The monoisotopic (exact) mass is 261 g/mol. The van der Waals surface area contributed by atoms with Gasteiger partial charge in [-0.15, -0.1) is 0 Å². The first-order valence-corrected chi connectivity index (χ1v) is 5.73. The normalized spacial score (nSPS) is 10.0. The van der Waals surface area contributed by atoms with Gasteiger partial charge in [0.2, 0.25) is 0 Å². The van der Waals surface area contributed by atoms with Crippen LogP contribution in [0.1, 0.15) is 0 Å². The first-order valence-electron chi connectivity index (χ1n) is 5.73. The second-order valence-corrected chi connectivity index (χ2v) is 3.89. The van der Waals surface area contributed by atoms with E-state index in [2.05, 4.69) is 10.4 Å². The van der Waals surface area contributed by atoms with Crippen LogP contribution in [0.4, 0.5) is 5.69 Å². The minimum Gasteiger partial charge on any atom is -0.493 e. The van der Waals surface area contributed by atoms with E-state index in [1.165, 1.54) is 0 Å². The fourth-order valence-corrected chi connectivity index (χ4v) is 1.56. The van der Waals surface area contributed by atoms with Gasteiger partial charge in [-0.2, -0.15) is 5.10 Å². The van der Waals surface area contributed by atoms with Crippen molar-refractivity contribution in [3.05, 3.63) is 36.7 Å². The molecule has 0 saturated carbocycles. The zero-order chi connectivity index (χ0) is 13.7. The van der Waals surface area contributed by atoms with Crippen molar-refractivity contribution in [1.29, 1.82) is 0 Å². The van der Waals surface area contributed by atoms with Crippen LogP contribution in [0.5, 0.6) is 11.5 Å². The predicted molar refractivity (Wildman–Crippen MR) is 70.3 cm³/mol. The number of para-hydroxylation sites is 2. The average molecular weight is 261 g/mol. The molecule has 2 rings (SSSR count). The molecule has 1 heterocycles. The van der Waals surface area contributed by atoms with Gasteiger partial charge in [-0.3, -0.25) is 9.48 Å². The molecule has 0 saturated heterocycles. The van der Waals surface area contributed by atoms with Crippen LogP contribution in [0.2, 0.25) is 0 Å². The Morgan fingerprint density at radius 3 is 2.74 bits per heavy atom. The standard InChI is InChI=1S/C13H15N3O3/c1-16-8-10(7-14-16)15-13(17)9-19-12-6-4-3-5-11(12)18-2/h3-8H,9H2,1-2H3,(H,15,17). The highest BCUT2D eigenvalue weighted by atomic mass is 16.5. The molecule has 0 aliphatic carbocycles. The second kappa shape index (κ2) is 5.90. The number of ether oxygens (including phenoxy) is 2. The van der Waals surface area contributed by atoms with E-state index >= 15 is 0 Å². The summed E-state index contributed by atoms with van der Waals surface area (Å²) in [5.41, 5.74) is 0.635. The van der Waals surface area contributed by atoms with E-state index in [-0.39, 0.29) is 12.5 Å². The lowest BCUT2D eigenvalue weighted by Gasteiger charge is -2.09. The van der Waals surface area contributed by atoms with Gasteiger partial charge in [0.25, 0.3) is 5.91 Å². The quantitative estimate of drug-likeness (QED) is 0.884. The van der Waals surface area contributed by atoms with Crippen molar-refractivity contribution < 1.29 is 14.3 Å². The predicted octanol–water partition coefficient (Wildman–Crippen LogP) is 1.45. The number of carbonyl (C=O) groups excluding carboxylic acids is 1. The molecule has 19 heavy (non-hydrogen) atoms. The molecule has 0 aliphatic heterocycles. The fraction of sp³-hybridized carbons (Fsp3) is 0.231. The van der Waals surface area contributed by atoms with Crippen molar-refractivity contribution >= 4 is 11.6 Å². The highest BCUT2D eigenvalue weighted by Gasteiger charge is 2.07. The Balaban J connectivity index is 1.89. The van der Waals surface area contributed by atoms with Gasteiger partial charge >= 0.3 is 0 Å². The SMILES string of the molecule is COc1ccccc1OCC(=O)Nc1cnn(C)c1. The Morgan fingerprint density at radius 1 is 1.37 bits per heavy atom. The summed E-state index contributed by atoms with van der Waals surface area (Å²) in [7, 11) is 3.33. The van der Waals surface area contributed by atoms with Gasteiger partial charge in [0.1, 0.15) is 0 Å². The highest BCUT2D eigenvalue weighted by molar-refractivity contribution is 5.91. The number of hydrogen-bond acceptors (Lipinski definition) is 4. The number of aromatic nitrogens is 2. The summed E-state index contributed by atoms with van der Waals surface area (Å²) in [5.74, 6) is 0.877. The number of amides is 1. The maximum absolute atomic E-state index is 11.7. The molecule has 6 nitrogen and oxygen atoms in total. The molecule has 0 spiro atoms. The van der Waals surface area contributed by atoms with Crippen LogP contribution >= 0.6 is 0 Å². The molecule has 2 aromatic rings. The number of hydrogen-bond donors (Lipinski definition) is 1. The number of aryl methyl sites for hydroxylation is 1. The van der Waals surface area contributed by atoms with E-state index in [9.17, 15) is 4.79 Å². The molecule has 0 atom stereocenters. The first-order chi connectivity index (χ1) is 9.19. The van der Waals surface area contributed by atoms with Crippen LogP contribution < -0.4 is 14.8 Å². The molecular formula is C13H15N3O3. The van der Waals surface area contributed by atoms with Crippen LogP contribution in [0, 0.1) is 0 Å². The zero-order valence-electron chi connectivity index (χ0n) is 10.8. The van der Waals surface area contributed by atoms with Gasteiger partial charge in [0.05, 0.1) is 19.0 Å². The van der Waals surface area contributed by atoms with Crippen molar-refractivity contribution in [3.63, 3.8) is 0 Å². The number of methoxy groups -OCH3 is 1. The Kier molecular flexibility index (Phi) is 4.02. The molecule has 1 N–H and O–H groups in total. The number of nitrogens with one attached hydrogen (secondary N) is 1. The molecule has 0 aliphatic rings. The maximum Gasteiger partial charge on any atom is 0.262 e. The number of carbonyl (C=O) groups is 1. The molecule has 0 bridgehead atoms. The third kappa shape index (κ3) is 3.48. The lowest BCUT2D eigenvalue weighted by Crippen LogP contribution is -2.20. The molecular weight excluding hydrogens is 246 g/mol. The Labute approximate surface area is 110 Å². The van der Waals surface area contributed by atoms with E-state index in [4.69, 9.17) is 9.47 Å². The summed E-state index contributed by atoms with van der Waals surface area (Å²) in [5, 5.41) is 6.64. The molecule has 0 radical (unpaired) electrons. The van der Waals surface area contributed by atoms with Crippen molar-refractivity contribution in [3.8, 4) is 11.5 Å². The van der Waals surface area contributed by atoms with Crippen LogP contribution in [0.3, 0.4) is 0 Å². The summed E-state index contributed by atoms with van der Waals surface area (Å²) in [6.45, 7) is -0.0880.